The molecule has 1 saturated heterocycles. The van der Waals surface area contributed by atoms with Crippen molar-refractivity contribution in [3.8, 4) is 5.75 Å². The lowest BCUT2D eigenvalue weighted by atomic mass is 10.1. The summed E-state index contributed by atoms with van der Waals surface area (Å²) in [4.78, 5) is 6.45. The van der Waals surface area contributed by atoms with Gasteiger partial charge in [-0.1, -0.05) is 18.2 Å². The van der Waals surface area contributed by atoms with Crippen LogP contribution in [0.15, 0.2) is 35.8 Å². The van der Waals surface area contributed by atoms with Gasteiger partial charge < -0.3 is 9.47 Å². The monoisotopic (exact) mass is 326 g/mol. The number of hydrogen-bond acceptors (Lipinski definition) is 5. The van der Waals surface area contributed by atoms with E-state index in [1.54, 1.807) is 29.7 Å². The fraction of sp³-hybridized carbons (Fsp3) is 0.400. The summed E-state index contributed by atoms with van der Waals surface area (Å²) in [6.07, 6.45) is 1.70. The van der Waals surface area contributed by atoms with E-state index < -0.39 is 6.61 Å². The maximum Gasteiger partial charge on any atom is 0.387 e. The van der Waals surface area contributed by atoms with Gasteiger partial charge in [-0.3, -0.25) is 4.90 Å². The van der Waals surface area contributed by atoms with Crippen LogP contribution in [0.25, 0.3) is 0 Å². The third-order valence-electron chi connectivity index (χ3n) is 3.46. The first-order valence-electron chi connectivity index (χ1n) is 6.98. The number of aromatic nitrogens is 1. The molecule has 1 aliphatic heterocycles. The lowest BCUT2D eigenvalue weighted by molar-refractivity contribution is -0.0527. The molecule has 118 valence electrons. The number of morpholine rings is 1. The number of thiazole rings is 1. The minimum Gasteiger partial charge on any atom is -0.434 e. The smallest absolute Gasteiger partial charge is 0.387 e. The fourth-order valence-corrected chi connectivity index (χ4v) is 3.15. The summed E-state index contributed by atoms with van der Waals surface area (Å²) in [6.45, 7) is -0.216. The van der Waals surface area contributed by atoms with Crippen LogP contribution in [0, 0.1) is 0 Å². The Kier molecular flexibility index (Phi) is 4.97. The molecule has 0 N–H and O–H groups in total. The van der Waals surface area contributed by atoms with Crippen molar-refractivity contribution in [3.63, 3.8) is 0 Å². The van der Waals surface area contributed by atoms with Crippen molar-refractivity contribution < 1.29 is 18.3 Å². The topological polar surface area (TPSA) is 34.6 Å². The Bertz CT molecular complexity index is 595. The second kappa shape index (κ2) is 7.13. The standard InChI is InChI=1S/C15H16F2N2O2S/c16-15(17)21-12-4-2-1-3-11(12)9-19-6-7-20-13(10-19)14-18-5-8-22-14/h1-5,8,13,15H,6-7,9-10H2/t13-/m1/s1. The van der Waals surface area contributed by atoms with Crippen molar-refractivity contribution >= 4 is 11.3 Å². The highest BCUT2D eigenvalue weighted by atomic mass is 32.1. The maximum absolute atomic E-state index is 12.5. The quantitative estimate of drug-likeness (QED) is 0.844. The van der Waals surface area contributed by atoms with Crippen LogP contribution in [-0.4, -0.2) is 36.2 Å². The molecular weight excluding hydrogens is 310 g/mol. The van der Waals surface area contributed by atoms with E-state index in [-0.39, 0.29) is 11.9 Å². The third-order valence-corrected chi connectivity index (χ3v) is 4.33. The van der Waals surface area contributed by atoms with Crippen molar-refractivity contribution in [2.45, 2.75) is 19.3 Å². The van der Waals surface area contributed by atoms with Crippen LogP contribution in [-0.2, 0) is 11.3 Å². The summed E-state index contributed by atoms with van der Waals surface area (Å²) < 4.78 is 35.3. The molecule has 4 nitrogen and oxygen atoms in total. The summed E-state index contributed by atoms with van der Waals surface area (Å²) >= 11 is 1.56. The maximum atomic E-state index is 12.5. The summed E-state index contributed by atoms with van der Waals surface area (Å²) in [6, 6.07) is 6.90. The Morgan fingerprint density at radius 3 is 3.05 bits per heavy atom. The van der Waals surface area contributed by atoms with Crippen molar-refractivity contribution in [1.29, 1.82) is 0 Å². The van der Waals surface area contributed by atoms with Crippen molar-refractivity contribution in [2.24, 2.45) is 0 Å². The molecule has 7 heteroatoms. The molecule has 0 bridgehead atoms. The molecule has 0 amide bonds. The van der Waals surface area contributed by atoms with Crippen molar-refractivity contribution in [3.05, 3.63) is 46.4 Å². The largest absolute Gasteiger partial charge is 0.434 e. The number of alkyl halides is 2. The Balaban J connectivity index is 1.68. The summed E-state index contributed by atoms with van der Waals surface area (Å²) in [5.41, 5.74) is 0.752. The summed E-state index contributed by atoms with van der Waals surface area (Å²) in [7, 11) is 0. The molecule has 0 unspecified atom stereocenters. The van der Waals surface area contributed by atoms with Crippen molar-refractivity contribution in [1.82, 2.24) is 9.88 Å². The van der Waals surface area contributed by atoms with Gasteiger partial charge in [0.2, 0.25) is 0 Å². The Hall–Kier alpha value is -1.57. The molecule has 1 aromatic heterocycles. The average molecular weight is 326 g/mol. The van der Waals surface area contributed by atoms with Crippen LogP contribution in [0.1, 0.15) is 16.7 Å². The van der Waals surface area contributed by atoms with E-state index in [2.05, 4.69) is 14.6 Å². The molecule has 1 atom stereocenters. The predicted molar refractivity (Wildman–Crippen MR) is 79.2 cm³/mol. The molecular formula is C15H16F2N2O2S. The van der Waals surface area contributed by atoms with Crippen LogP contribution in [0.2, 0.25) is 0 Å². The van der Waals surface area contributed by atoms with Crippen molar-refractivity contribution in [2.75, 3.05) is 19.7 Å². The van der Waals surface area contributed by atoms with Gasteiger partial charge in [0, 0.05) is 36.8 Å². The number of para-hydroxylation sites is 1. The van der Waals surface area contributed by atoms with E-state index in [9.17, 15) is 8.78 Å². The number of halogens is 2. The van der Waals surface area contributed by atoms with E-state index in [1.807, 2.05) is 17.5 Å². The number of ether oxygens (including phenoxy) is 2. The number of hydrogen-bond donors (Lipinski definition) is 0. The lowest BCUT2D eigenvalue weighted by Crippen LogP contribution is -2.37. The summed E-state index contributed by atoms with van der Waals surface area (Å²) in [5.74, 6) is 0.231. The van der Waals surface area contributed by atoms with Gasteiger partial charge in [-0.05, 0) is 6.07 Å². The molecule has 1 aromatic carbocycles. The molecule has 0 spiro atoms. The molecule has 2 aromatic rings. The minimum atomic E-state index is -2.81. The van der Waals surface area contributed by atoms with E-state index >= 15 is 0 Å². The highest BCUT2D eigenvalue weighted by Crippen LogP contribution is 2.27. The molecule has 22 heavy (non-hydrogen) atoms. The van der Waals surface area contributed by atoms with Gasteiger partial charge in [-0.25, -0.2) is 4.98 Å². The van der Waals surface area contributed by atoms with E-state index in [0.29, 0.717) is 19.7 Å². The second-order valence-corrected chi connectivity index (χ2v) is 5.88. The van der Waals surface area contributed by atoms with Crippen LogP contribution < -0.4 is 4.74 Å². The highest BCUT2D eigenvalue weighted by Gasteiger charge is 2.24. The van der Waals surface area contributed by atoms with Gasteiger partial charge in [0.05, 0.1) is 6.61 Å². The SMILES string of the molecule is FC(F)Oc1ccccc1CN1CCO[C@@H](c2nccs2)C1. The molecule has 0 radical (unpaired) electrons. The minimum absolute atomic E-state index is 0.0584. The van der Waals surface area contributed by atoms with Gasteiger partial charge in [-0.2, -0.15) is 8.78 Å². The van der Waals surface area contributed by atoms with Crippen LogP contribution in [0.5, 0.6) is 5.75 Å². The predicted octanol–water partition coefficient (Wildman–Crippen LogP) is 3.32. The van der Waals surface area contributed by atoms with E-state index in [4.69, 9.17) is 4.74 Å². The third kappa shape index (κ3) is 3.79. The molecule has 1 fully saturated rings. The van der Waals surface area contributed by atoms with Gasteiger partial charge >= 0.3 is 6.61 Å². The average Bonchev–Trinajstić information content (AvgIpc) is 3.03. The van der Waals surface area contributed by atoms with Crippen LogP contribution >= 0.6 is 11.3 Å². The van der Waals surface area contributed by atoms with Gasteiger partial charge in [-0.15, -0.1) is 11.3 Å². The second-order valence-electron chi connectivity index (χ2n) is 4.95. The zero-order valence-corrected chi connectivity index (χ0v) is 12.6. The highest BCUT2D eigenvalue weighted by molar-refractivity contribution is 7.09. The van der Waals surface area contributed by atoms with Gasteiger partial charge in [0.1, 0.15) is 16.9 Å². The van der Waals surface area contributed by atoms with Crippen LogP contribution in [0.4, 0.5) is 8.78 Å². The zero-order chi connectivity index (χ0) is 15.4. The Morgan fingerprint density at radius 2 is 2.27 bits per heavy atom. The van der Waals surface area contributed by atoms with Gasteiger partial charge in [0.15, 0.2) is 0 Å². The number of rotatable bonds is 5. The molecule has 0 aliphatic carbocycles. The van der Waals surface area contributed by atoms with Crippen LogP contribution in [0.3, 0.4) is 0 Å². The first kappa shape index (κ1) is 15.3. The Labute approximate surface area is 131 Å². The molecule has 1 aliphatic rings. The fourth-order valence-electron chi connectivity index (χ4n) is 2.48. The normalized spacial score (nSPS) is 19.5. The first-order valence-corrected chi connectivity index (χ1v) is 7.86. The van der Waals surface area contributed by atoms with E-state index in [1.165, 1.54) is 0 Å². The molecule has 0 saturated carbocycles. The lowest BCUT2D eigenvalue weighted by Gasteiger charge is -2.32. The summed E-state index contributed by atoms with van der Waals surface area (Å²) in [5, 5.41) is 2.87. The molecule has 3 rings (SSSR count). The molecule has 2 heterocycles. The Morgan fingerprint density at radius 1 is 1.41 bits per heavy atom. The van der Waals surface area contributed by atoms with E-state index in [0.717, 1.165) is 17.1 Å². The number of nitrogens with zero attached hydrogens (tertiary/aromatic N) is 2. The number of benzene rings is 1. The van der Waals surface area contributed by atoms with Gasteiger partial charge in [0.25, 0.3) is 0 Å². The zero-order valence-electron chi connectivity index (χ0n) is 11.8. The first-order chi connectivity index (χ1) is 10.7.